The molecule has 0 aliphatic carbocycles. The summed E-state index contributed by atoms with van der Waals surface area (Å²) in [5.41, 5.74) is 1.88. The Morgan fingerprint density at radius 3 is 2.40 bits per heavy atom. The first kappa shape index (κ1) is 11.5. The minimum atomic E-state index is 0. The fraction of sp³-hybridized carbons (Fsp3) is 0.0833. The molecule has 0 aliphatic rings. The van der Waals surface area contributed by atoms with Crippen LogP contribution in [0, 0.1) is 0 Å². The zero-order valence-electron chi connectivity index (χ0n) is 8.13. The van der Waals surface area contributed by atoms with Crippen molar-refractivity contribution in [2.75, 3.05) is 0 Å². The Labute approximate surface area is 95.0 Å². The van der Waals surface area contributed by atoms with Crippen molar-refractivity contribution in [1.29, 1.82) is 0 Å². The summed E-state index contributed by atoms with van der Waals surface area (Å²) in [5, 5.41) is 9.51. The van der Waals surface area contributed by atoms with E-state index in [4.69, 9.17) is 0 Å². The Kier molecular flexibility index (Phi) is 4.13. The molecule has 0 bridgehead atoms. The largest absolute Gasteiger partial charge is 0.506 e. The first-order chi connectivity index (χ1) is 6.86. The fourth-order valence-electron chi connectivity index (χ4n) is 1.35. The number of hydrogen-bond acceptors (Lipinski definition) is 2. The second kappa shape index (κ2) is 5.37. The summed E-state index contributed by atoms with van der Waals surface area (Å²) < 4.78 is 0. The van der Waals surface area contributed by atoms with Crippen molar-refractivity contribution in [2.24, 2.45) is 0 Å². The molecular weight excluding hydrogens is 210 g/mol. The fourth-order valence-corrected chi connectivity index (χ4v) is 1.35. The van der Waals surface area contributed by atoms with E-state index in [9.17, 15) is 5.11 Å². The lowest BCUT2D eigenvalue weighted by Gasteiger charge is -2.02. The van der Waals surface area contributed by atoms with Crippen molar-refractivity contribution in [2.45, 2.75) is 6.42 Å². The maximum Gasteiger partial charge on any atom is 0.137 e. The van der Waals surface area contributed by atoms with Gasteiger partial charge in [0.2, 0.25) is 0 Å². The van der Waals surface area contributed by atoms with E-state index in [1.165, 1.54) is 0 Å². The van der Waals surface area contributed by atoms with E-state index in [2.05, 4.69) is 4.98 Å². The van der Waals surface area contributed by atoms with Gasteiger partial charge in [-0.2, -0.15) is 0 Å². The summed E-state index contributed by atoms with van der Waals surface area (Å²) in [6.07, 6.45) is 2.37. The molecule has 1 aromatic carbocycles. The van der Waals surface area contributed by atoms with Gasteiger partial charge in [-0.05, 0) is 17.7 Å². The molecule has 0 saturated heterocycles. The summed E-state index contributed by atoms with van der Waals surface area (Å²) in [6, 6.07) is 13.4. The Balaban J connectivity index is 0.00000112. The molecule has 2 nitrogen and oxygen atoms in total. The monoisotopic (exact) mass is 221 g/mol. The maximum absolute atomic E-state index is 9.51. The number of pyridine rings is 1. The number of rotatable bonds is 2. The SMILES string of the molecule is Cl.Oc1cccnc1Cc1ccccc1. The van der Waals surface area contributed by atoms with Crippen LogP contribution in [0.1, 0.15) is 11.3 Å². The molecule has 0 atom stereocenters. The van der Waals surface area contributed by atoms with Crippen molar-refractivity contribution in [3.63, 3.8) is 0 Å². The third-order valence-corrected chi connectivity index (χ3v) is 2.08. The van der Waals surface area contributed by atoms with Crippen molar-refractivity contribution in [1.82, 2.24) is 4.98 Å². The lowest BCUT2D eigenvalue weighted by molar-refractivity contribution is 0.465. The molecule has 0 fully saturated rings. The Hall–Kier alpha value is -1.54. The average Bonchev–Trinajstić information content (AvgIpc) is 2.23. The van der Waals surface area contributed by atoms with Gasteiger partial charge in [0, 0.05) is 12.6 Å². The highest BCUT2D eigenvalue weighted by Crippen LogP contribution is 2.16. The van der Waals surface area contributed by atoms with Gasteiger partial charge in [-0.15, -0.1) is 12.4 Å². The molecule has 78 valence electrons. The van der Waals surface area contributed by atoms with E-state index in [0.717, 1.165) is 11.3 Å². The zero-order valence-corrected chi connectivity index (χ0v) is 8.95. The van der Waals surface area contributed by atoms with Crippen LogP contribution in [0.25, 0.3) is 0 Å². The lowest BCUT2D eigenvalue weighted by atomic mass is 10.1. The highest BCUT2D eigenvalue weighted by Gasteiger charge is 2.01. The Morgan fingerprint density at radius 1 is 1.00 bits per heavy atom. The third-order valence-electron chi connectivity index (χ3n) is 2.08. The Bertz CT molecular complexity index is 417. The number of hydrogen-bond donors (Lipinski definition) is 1. The van der Waals surface area contributed by atoms with Crippen LogP contribution >= 0.6 is 12.4 Å². The van der Waals surface area contributed by atoms with E-state index in [1.807, 2.05) is 30.3 Å². The van der Waals surface area contributed by atoms with Gasteiger partial charge < -0.3 is 5.11 Å². The third kappa shape index (κ3) is 2.96. The minimum Gasteiger partial charge on any atom is -0.506 e. The highest BCUT2D eigenvalue weighted by atomic mass is 35.5. The second-order valence-corrected chi connectivity index (χ2v) is 3.13. The van der Waals surface area contributed by atoms with Crippen LogP contribution in [0.4, 0.5) is 0 Å². The normalized spacial score (nSPS) is 9.33. The Morgan fingerprint density at radius 2 is 1.73 bits per heavy atom. The quantitative estimate of drug-likeness (QED) is 0.846. The predicted octanol–water partition coefficient (Wildman–Crippen LogP) is 2.80. The molecule has 2 aromatic rings. The number of aromatic hydroxyl groups is 1. The van der Waals surface area contributed by atoms with E-state index < -0.39 is 0 Å². The van der Waals surface area contributed by atoms with Crippen molar-refractivity contribution < 1.29 is 5.11 Å². The molecule has 2 rings (SSSR count). The maximum atomic E-state index is 9.51. The van der Waals surface area contributed by atoms with Gasteiger partial charge in [-0.1, -0.05) is 30.3 Å². The van der Waals surface area contributed by atoms with Gasteiger partial charge in [-0.25, -0.2) is 0 Å². The molecule has 0 aliphatic heterocycles. The smallest absolute Gasteiger partial charge is 0.137 e. The van der Waals surface area contributed by atoms with Crippen LogP contribution in [-0.4, -0.2) is 10.1 Å². The van der Waals surface area contributed by atoms with Gasteiger partial charge >= 0.3 is 0 Å². The van der Waals surface area contributed by atoms with Crippen LogP contribution in [0.3, 0.4) is 0 Å². The molecule has 0 radical (unpaired) electrons. The van der Waals surface area contributed by atoms with Crippen molar-refractivity contribution in [3.05, 3.63) is 59.9 Å². The molecule has 1 aromatic heterocycles. The summed E-state index contributed by atoms with van der Waals surface area (Å²) >= 11 is 0. The zero-order chi connectivity index (χ0) is 9.80. The van der Waals surface area contributed by atoms with Crippen LogP contribution in [-0.2, 0) is 6.42 Å². The number of nitrogens with zero attached hydrogens (tertiary/aromatic N) is 1. The number of benzene rings is 1. The van der Waals surface area contributed by atoms with E-state index >= 15 is 0 Å². The molecule has 1 N–H and O–H groups in total. The van der Waals surface area contributed by atoms with Crippen LogP contribution < -0.4 is 0 Å². The lowest BCUT2D eigenvalue weighted by Crippen LogP contribution is -1.91. The van der Waals surface area contributed by atoms with Gasteiger partial charge in [0.05, 0.1) is 5.69 Å². The standard InChI is InChI=1S/C12H11NO.ClH/c14-12-7-4-8-13-11(12)9-10-5-2-1-3-6-10;/h1-8,14H,9H2;1H. The first-order valence-corrected chi connectivity index (χ1v) is 4.53. The van der Waals surface area contributed by atoms with Crippen LogP contribution in [0.2, 0.25) is 0 Å². The van der Waals surface area contributed by atoms with Crippen LogP contribution in [0.5, 0.6) is 5.75 Å². The topological polar surface area (TPSA) is 33.1 Å². The molecule has 0 unspecified atom stereocenters. The molecule has 1 heterocycles. The highest BCUT2D eigenvalue weighted by molar-refractivity contribution is 5.85. The van der Waals surface area contributed by atoms with E-state index in [1.54, 1.807) is 18.3 Å². The number of aromatic nitrogens is 1. The summed E-state index contributed by atoms with van der Waals surface area (Å²) in [4.78, 5) is 4.12. The van der Waals surface area contributed by atoms with Gasteiger partial charge in [0.25, 0.3) is 0 Å². The van der Waals surface area contributed by atoms with Gasteiger partial charge in [-0.3, -0.25) is 4.98 Å². The molecule has 0 spiro atoms. The van der Waals surface area contributed by atoms with Gasteiger partial charge in [0.15, 0.2) is 0 Å². The predicted molar refractivity (Wildman–Crippen MR) is 62.4 cm³/mol. The molecule has 3 heteroatoms. The molecule has 0 amide bonds. The van der Waals surface area contributed by atoms with E-state index in [-0.39, 0.29) is 18.2 Å². The van der Waals surface area contributed by atoms with Crippen molar-refractivity contribution in [3.8, 4) is 5.75 Å². The summed E-state index contributed by atoms with van der Waals surface area (Å²) in [7, 11) is 0. The molecular formula is C12H12ClNO. The molecule has 0 saturated carbocycles. The first-order valence-electron chi connectivity index (χ1n) is 4.53. The number of halogens is 1. The summed E-state index contributed by atoms with van der Waals surface area (Å²) in [5.74, 6) is 0.261. The van der Waals surface area contributed by atoms with Crippen LogP contribution in [0.15, 0.2) is 48.7 Å². The van der Waals surface area contributed by atoms with Gasteiger partial charge in [0.1, 0.15) is 5.75 Å². The average molecular weight is 222 g/mol. The van der Waals surface area contributed by atoms with E-state index in [0.29, 0.717) is 6.42 Å². The second-order valence-electron chi connectivity index (χ2n) is 3.13. The molecule has 15 heavy (non-hydrogen) atoms. The summed E-state index contributed by atoms with van der Waals surface area (Å²) in [6.45, 7) is 0. The minimum absolute atomic E-state index is 0. The van der Waals surface area contributed by atoms with Crippen molar-refractivity contribution >= 4 is 12.4 Å².